The zero-order valence-electron chi connectivity index (χ0n) is 17.1. The van der Waals surface area contributed by atoms with Crippen LogP contribution in [0.1, 0.15) is 49.7 Å². The summed E-state index contributed by atoms with van der Waals surface area (Å²) in [6, 6.07) is 21.5. The summed E-state index contributed by atoms with van der Waals surface area (Å²) >= 11 is 0. The highest BCUT2D eigenvalue weighted by atomic mass is 79.9. The highest BCUT2D eigenvalue weighted by Gasteiger charge is 1.95. The molecule has 2 nitrogen and oxygen atoms in total. The van der Waals surface area contributed by atoms with Gasteiger partial charge in [0.1, 0.15) is 0 Å². The van der Waals surface area contributed by atoms with Crippen molar-refractivity contribution < 1.29 is 0 Å². The Morgan fingerprint density at radius 2 is 0.786 bits per heavy atom. The van der Waals surface area contributed by atoms with Crippen LogP contribution in [0.4, 0.5) is 0 Å². The minimum atomic E-state index is 0. The molecule has 158 valence electrons. The summed E-state index contributed by atoms with van der Waals surface area (Å²) in [5.74, 6) is 0. The maximum atomic E-state index is 3.56. The van der Waals surface area contributed by atoms with Gasteiger partial charge in [-0.3, -0.25) is 0 Å². The van der Waals surface area contributed by atoms with Crippen LogP contribution >= 0.6 is 34.0 Å². The van der Waals surface area contributed by atoms with Crippen LogP contribution in [0.2, 0.25) is 0 Å². The van der Waals surface area contributed by atoms with E-state index in [4.69, 9.17) is 0 Å². The summed E-state index contributed by atoms with van der Waals surface area (Å²) in [5, 5.41) is 7.13. The fourth-order valence-electron chi connectivity index (χ4n) is 3.21. The number of rotatable bonds is 15. The first kappa shape index (κ1) is 27.3. The van der Waals surface area contributed by atoms with Crippen molar-refractivity contribution >= 4 is 34.0 Å². The fraction of sp³-hybridized carbons (Fsp3) is 0.500. The van der Waals surface area contributed by atoms with Crippen molar-refractivity contribution in [2.75, 3.05) is 26.2 Å². The van der Waals surface area contributed by atoms with E-state index in [2.05, 4.69) is 71.3 Å². The Bertz CT molecular complexity index is 498. The summed E-state index contributed by atoms with van der Waals surface area (Å²) in [6.07, 6.45) is 10.4. The van der Waals surface area contributed by atoms with E-state index in [9.17, 15) is 0 Å². The van der Waals surface area contributed by atoms with Gasteiger partial charge in [0, 0.05) is 0 Å². The SMILES string of the molecule is Br.Br.c1ccc(CCNCCCCCCCCNCCc2ccccc2)cc1. The predicted molar refractivity (Wildman–Crippen MR) is 134 cm³/mol. The van der Waals surface area contributed by atoms with Crippen molar-refractivity contribution in [3.8, 4) is 0 Å². The zero-order valence-corrected chi connectivity index (χ0v) is 20.5. The van der Waals surface area contributed by atoms with Gasteiger partial charge in [-0.1, -0.05) is 86.3 Å². The zero-order chi connectivity index (χ0) is 18.1. The van der Waals surface area contributed by atoms with Crippen LogP contribution in [0, 0.1) is 0 Å². The van der Waals surface area contributed by atoms with Gasteiger partial charge < -0.3 is 10.6 Å². The lowest BCUT2D eigenvalue weighted by molar-refractivity contribution is 0.551. The van der Waals surface area contributed by atoms with Crippen molar-refractivity contribution in [1.82, 2.24) is 10.6 Å². The van der Waals surface area contributed by atoms with Crippen molar-refractivity contribution in [2.24, 2.45) is 0 Å². The largest absolute Gasteiger partial charge is 0.316 e. The van der Waals surface area contributed by atoms with Gasteiger partial charge in [0.2, 0.25) is 0 Å². The molecule has 0 spiro atoms. The van der Waals surface area contributed by atoms with E-state index in [0.717, 1.165) is 39.0 Å². The third-order valence-corrected chi connectivity index (χ3v) is 4.82. The van der Waals surface area contributed by atoms with Crippen LogP contribution < -0.4 is 10.6 Å². The molecule has 2 aromatic carbocycles. The first-order valence-corrected chi connectivity index (χ1v) is 10.4. The smallest absolute Gasteiger partial charge is 0.000835 e. The van der Waals surface area contributed by atoms with Crippen LogP contribution in [0.25, 0.3) is 0 Å². The molecule has 0 saturated heterocycles. The monoisotopic (exact) mass is 512 g/mol. The Morgan fingerprint density at radius 3 is 1.18 bits per heavy atom. The average Bonchev–Trinajstić information content (AvgIpc) is 2.70. The molecular weight excluding hydrogens is 476 g/mol. The van der Waals surface area contributed by atoms with E-state index < -0.39 is 0 Å². The number of hydrogen-bond donors (Lipinski definition) is 2. The Hall–Kier alpha value is -0.680. The first-order valence-electron chi connectivity index (χ1n) is 10.4. The second-order valence-corrected chi connectivity index (χ2v) is 7.09. The number of nitrogens with one attached hydrogen (secondary N) is 2. The Labute approximate surface area is 193 Å². The molecule has 0 aliphatic rings. The highest BCUT2D eigenvalue weighted by molar-refractivity contribution is 8.93. The van der Waals surface area contributed by atoms with Crippen molar-refractivity contribution in [3.05, 3.63) is 71.8 Å². The molecule has 4 heteroatoms. The maximum absolute atomic E-state index is 3.56. The summed E-state index contributed by atoms with van der Waals surface area (Å²) in [4.78, 5) is 0. The molecule has 0 bridgehead atoms. The quantitative estimate of drug-likeness (QED) is 0.279. The van der Waals surface area contributed by atoms with Crippen molar-refractivity contribution in [1.29, 1.82) is 0 Å². The molecule has 0 fully saturated rings. The second kappa shape index (κ2) is 19.6. The molecule has 0 amide bonds. The van der Waals surface area contributed by atoms with E-state index in [-0.39, 0.29) is 34.0 Å². The fourth-order valence-corrected chi connectivity index (χ4v) is 3.21. The first-order chi connectivity index (χ1) is 12.9. The molecule has 0 aromatic heterocycles. The molecule has 0 saturated carbocycles. The molecule has 0 aliphatic carbocycles. The van der Waals surface area contributed by atoms with E-state index in [1.54, 1.807) is 0 Å². The summed E-state index contributed by atoms with van der Waals surface area (Å²) in [5.41, 5.74) is 2.86. The molecule has 0 atom stereocenters. The summed E-state index contributed by atoms with van der Waals surface area (Å²) in [7, 11) is 0. The second-order valence-electron chi connectivity index (χ2n) is 7.09. The number of hydrogen-bond acceptors (Lipinski definition) is 2. The van der Waals surface area contributed by atoms with E-state index in [0.29, 0.717) is 0 Å². The maximum Gasteiger partial charge on any atom is -0.000835 e. The lowest BCUT2D eigenvalue weighted by Crippen LogP contribution is -2.18. The third kappa shape index (κ3) is 14.3. The standard InChI is InChI=1S/C24H36N2.2BrH/c1(3-11-19-25-21-17-23-13-7-5-8-14-23)2-4-12-20-26-22-18-24-15-9-6-10-16-24;;/h5-10,13-16,25-26H,1-4,11-12,17-22H2;2*1H. The van der Waals surface area contributed by atoms with Gasteiger partial charge in [0.05, 0.1) is 0 Å². The molecular formula is C24H38Br2N2. The number of benzene rings is 2. The van der Waals surface area contributed by atoms with Gasteiger partial charge in [0.25, 0.3) is 0 Å². The normalized spacial score (nSPS) is 10.1. The van der Waals surface area contributed by atoms with Crippen LogP contribution in [0.3, 0.4) is 0 Å². The Morgan fingerprint density at radius 1 is 0.429 bits per heavy atom. The molecule has 0 heterocycles. The van der Waals surface area contributed by atoms with E-state index in [1.807, 2.05) is 0 Å². The molecule has 0 aliphatic heterocycles. The van der Waals surface area contributed by atoms with Crippen LogP contribution in [0.5, 0.6) is 0 Å². The van der Waals surface area contributed by atoms with Gasteiger partial charge in [-0.15, -0.1) is 34.0 Å². The topological polar surface area (TPSA) is 24.1 Å². The van der Waals surface area contributed by atoms with Crippen LogP contribution in [0.15, 0.2) is 60.7 Å². The Kier molecular flexibility index (Phi) is 19.2. The predicted octanol–water partition coefficient (Wildman–Crippen LogP) is 6.15. The minimum absolute atomic E-state index is 0. The number of unbranched alkanes of at least 4 members (excludes halogenated alkanes) is 5. The highest BCUT2D eigenvalue weighted by Crippen LogP contribution is 2.05. The Balaban J connectivity index is 0.00000364. The van der Waals surface area contributed by atoms with E-state index in [1.165, 1.54) is 49.7 Å². The van der Waals surface area contributed by atoms with Gasteiger partial charge in [-0.2, -0.15) is 0 Å². The molecule has 2 N–H and O–H groups in total. The lowest BCUT2D eigenvalue weighted by atomic mass is 10.1. The molecule has 28 heavy (non-hydrogen) atoms. The molecule has 2 aromatic rings. The van der Waals surface area contributed by atoms with Gasteiger partial charge in [-0.05, 0) is 63.0 Å². The molecule has 2 rings (SSSR count). The molecule has 0 radical (unpaired) electrons. The lowest BCUT2D eigenvalue weighted by Gasteiger charge is -2.06. The summed E-state index contributed by atoms with van der Waals surface area (Å²) in [6.45, 7) is 4.51. The number of halogens is 2. The van der Waals surface area contributed by atoms with Gasteiger partial charge in [-0.25, -0.2) is 0 Å². The van der Waals surface area contributed by atoms with E-state index >= 15 is 0 Å². The van der Waals surface area contributed by atoms with Crippen molar-refractivity contribution in [2.45, 2.75) is 51.4 Å². The van der Waals surface area contributed by atoms with Crippen LogP contribution in [-0.4, -0.2) is 26.2 Å². The third-order valence-electron chi connectivity index (χ3n) is 4.82. The van der Waals surface area contributed by atoms with Crippen molar-refractivity contribution in [3.63, 3.8) is 0 Å². The molecule has 0 unspecified atom stereocenters. The minimum Gasteiger partial charge on any atom is -0.316 e. The van der Waals surface area contributed by atoms with Crippen LogP contribution in [-0.2, 0) is 12.8 Å². The van der Waals surface area contributed by atoms with Gasteiger partial charge >= 0.3 is 0 Å². The average molecular weight is 514 g/mol. The van der Waals surface area contributed by atoms with Gasteiger partial charge in [0.15, 0.2) is 0 Å². The summed E-state index contributed by atoms with van der Waals surface area (Å²) < 4.78 is 0.